The Labute approximate surface area is 170 Å². The second-order valence-electron chi connectivity index (χ2n) is 6.19. The molecule has 1 atom stereocenters. The monoisotopic (exact) mass is 420 g/mol. The number of ether oxygens (including phenoxy) is 2. The first-order valence-electron chi connectivity index (χ1n) is 8.89. The molecule has 8 nitrogen and oxygen atoms in total. The fourth-order valence-electron chi connectivity index (χ4n) is 2.78. The second kappa shape index (κ2) is 9.42. The van der Waals surface area contributed by atoms with Crippen LogP contribution in [0.4, 0.5) is 11.4 Å². The van der Waals surface area contributed by atoms with Gasteiger partial charge in [0.05, 0.1) is 36.9 Å². The van der Waals surface area contributed by atoms with Gasteiger partial charge in [-0.2, -0.15) is 0 Å². The van der Waals surface area contributed by atoms with Gasteiger partial charge < -0.3 is 14.8 Å². The van der Waals surface area contributed by atoms with E-state index in [1.807, 2.05) is 6.92 Å². The van der Waals surface area contributed by atoms with Crippen LogP contribution in [-0.2, 0) is 19.6 Å². The Morgan fingerprint density at radius 3 is 2.28 bits per heavy atom. The largest absolute Gasteiger partial charge is 0.494 e. The fraction of sp³-hybridized carbons (Fsp3) is 0.300. The third kappa shape index (κ3) is 5.47. The van der Waals surface area contributed by atoms with Crippen molar-refractivity contribution in [3.63, 3.8) is 0 Å². The van der Waals surface area contributed by atoms with E-state index >= 15 is 0 Å². The number of hydrogen-bond donors (Lipinski definition) is 1. The normalized spacial score (nSPS) is 12.0. The van der Waals surface area contributed by atoms with Gasteiger partial charge in [0, 0.05) is 0 Å². The number of carbonyl (C=O) groups is 2. The molecule has 0 aliphatic rings. The van der Waals surface area contributed by atoms with Crippen molar-refractivity contribution in [2.45, 2.75) is 19.9 Å². The van der Waals surface area contributed by atoms with E-state index < -0.39 is 27.9 Å². The predicted molar refractivity (Wildman–Crippen MR) is 111 cm³/mol. The van der Waals surface area contributed by atoms with Crippen molar-refractivity contribution in [3.05, 3.63) is 54.1 Å². The number of amides is 1. The quantitative estimate of drug-likeness (QED) is 0.659. The van der Waals surface area contributed by atoms with E-state index in [0.29, 0.717) is 18.0 Å². The molecule has 0 aliphatic carbocycles. The van der Waals surface area contributed by atoms with Gasteiger partial charge in [0.2, 0.25) is 15.9 Å². The topological polar surface area (TPSA) is 102 Å². The van der Waals surface area contributed by atoms with Crippen LogP contribution in [0.15, 0.2) is 48.5 Å². The molecule has 0 saturated carbocycles. The summed E-state index contributed by atoms with van der Waals surface area (Å²) in [4.78, 5) is 24.7. The summed E-state index contributed by atoms with van der Waals surface area (Å²) in [6.45, 7) is 3.79. The van der Waals surface area contributed by atoms with Crippen LogP contribution in [0.1, 0.15) is 24.2 Å². The number of rotatable bonds is 8. The number of nitrogens with one attached hydrogen (secondary N) is 1. The van der Waals surface area contributed by atoms with Gasteiger partial charge in [0.15, 0.2) is 0 Å². The third-order valence-corrected chi connectivity index (χ3v) is 5.32. The van der Waals surface area contributed by atoms with Gasteiger partial charge in [-0.1, -0.05) is 12.1 Å². The van der Waals surface area contributed by atoms with E-state index in [0.717, 1.165) is 10.6 Å². The molecule has 9 heteroatoms. The molecule has 0 bridgehead atoms. The minimum absolute atomic E-state index is 0.169. The molecule has 0 fully saturated rings. The van der Waals surface area contributed by atoms with Crippen LogP contribution in [0.5, 0.6) is 5.75 Å². The fourth-order valence-corrected chi connectivity index (χ4v) is 3.96. The number of anilines is 2. The van der Waals surface area contributed by atoms with Crippen LogP contribution in [0.25, 0.3) is 0 Å². The van der Waals surface area contributed by atoms with Crippen LogP contribution in [0, 0.1) is 0 Å². The molecule has 0 aliphatic heterocycles. The second-order valence-corrected chi connectivity index (χ2v) is 8.05. The maximum absolute atomic E-state index is 12.8. The number of benzene rings is 2. The molecule has 0 radical (unpaired) electrons. The summed E-state index contributed by atoms with van der Waals surface area (Å²) in [5, 5.41) is 2.61. The number of carbonyl (C=O) groups excluding carboxylic acids is 2. The lowest BCUT2D eigenvalue weighted by Gasteiger charge is -2.28. The summed E-state index contributed by atoms with van der Waals surface area (Å²) in [5.41, 5.74) is 0.721. The molecule has 0 aromatic heterocycles. The summed E-state index contributed by atoms with van der Waals surface area (Å²) in [6.07, 6.45) is 1.02. The standard InChI is InChI=1S/C20H24N2O6S/c1-5-28-16-12-10-15(11-13-16)22(29(4,25)26)14(2)19(23)21-18-9-7-6-8-17(18)20(24)27-3/h6-14H,5H2,1-4H3,(H,21,23)/t14-/m1/s1. The van der Waals surface area contributed by atoms with Gasteiger partial charge in [-0.25, -0.2) is 13.2 Å². The van der Waals surface area contributed by atoms with Crippen molar-refractivity contribution < 1.29 is 27.5 Å². The zero-order chi connectivity index (χ0) is 21.6. The van der Waals surface area contributed by atoms with Gasteiger partial charge in [-0.3, -0.25) is 9.10 Å². The Kier molecular flexibility index (Phi) is 7.22. The Balaban J connectivity index is 2.32. The minimum atomic E-state index is -3.77. The van der Waals surface area contributed by atoms with Crippen molar-refractivity contribution in [1.82, 2.24) is 0 Å². The molecule has 0 spiro atoms. The molecule has 0 saturated heterocycles. The highest BCUT2D eigenvalue weighted by atomic mass is 32.2. The Morgan fingerprint density at radius 1 is 1.10 bits per heavy atom. The maximum atomic E-state index is 12.8. The molecule has 1 amide bonds. The van der Waals surface area contributed by atoms with Crippen molar-refractivity contribution in [1.29, 1.82) is 0 Å². The van der Waals surface area contributed by atoms with Crippen molar-refractivity contribution in [3.8, 4) is 5.75 Å². The molecule has 2 rings (SSSR count). The highest BCUT2D eigenvalue weighted by molar-refractivity contribution is 7.92. The lowest BCUT2D eigenvalue weighted by atomic mass is 10.1. The Hall–Kier alpha value is -3.07. The highest BCUT2D eigenvalue weighted by Crippen LogP contribution is 2.25. The summed E-state index contributed by atoms with van der Waals surface area (Å²) in [5.74, 6) is -0.616. The van der Waals surface area contributed by atoms with E-state index in [-0.39, 0.29) is 11.3 Å². The average molecular weight is 420 g/mol. The number of nitrogens with zero attached hydrogens (tertiary/aromatic N) is 1. The molecular formula is C20H24N2O6S. The van der Waals surface area contributed by atoms with Gasteiger partial charge in [0.25, 0.3) is 0 Å². The first-order chi connectivity index (χ1) is 13.7. The Bertz CT molecular complexity index is 973. The van der Waals surface area contributed by atoms with Crippen LogP contribution in [-0.4, -0.2) is 46.3 Å². The molecule has 0 unspecified atom stereocenters. The summed E-state index contributed by atoms with van der Waals surface area (Å²) >= 11 is 0. The molecule has 2 aromatic rings. The molecular weight excluding hydrogens is 396 g/mol. The summed E-state index contributed by atoms with van der Waals surface area (Å²) < 4.78 is 35.9. The van der Waals surface area contributed by atoms with Crippen LogP contribution < -0.4 is 14.4 Å². The van der Waals surface area contributed by atoms with Crippen LogP contribution in [0.3, 0.4) is 0 Å². The average Bonchev–Trinajstić information content (AvgIpc) is 2.68. The zero-order valence-corrected chi connectivity index (χ0v) is 17.5. The van der Waals surface area contributed by atoms with E-state index in [1.165, 1.54) is 20.1 Å². The number of para-hydroxylation sites is 1. The SMILES string of the molecule is CCOc1ccc(N([C@H](C)C(=O)Nc2ccccc2C(=O)OC)S(C)(=O)=O)cc1. The molecule has 2 aromatic carbocycles. The first-order valence-corrected chi connectivity index (χ1v) is 10.7. The van der Waals surface area contributed by atoms with Crippen LogP contribution >= 0.6 is 0 Å². The van der Waals surface area contributed by atoms with Gasteiger partial charge in [-0.05, 0) is 50.2 Å². The predicted octanol–water partition coefficient (Wildman–Crippen LogP) is 2.67. The lowest BCUT2D eigenvalue weighted by Crippen LogP contribution is -2.45. The maximum Gasteiger partial charge on any atom is 0.339 e. The molecule has 156 valence electrons. The molecule has 29 heavy (non-hydrogen) atoms. The summed E-state index contributed by atoms with van der Waals surface area (Å²) in [7, 11) is -2.53. The van der Waals surface area contributed by atoms with E-state index in [9.17, 15) is 18.0 Å². The number of methoxy groups -OCH3 is 1. The van der Waals surface area contributed by atoms with E-state index in [2.05, 4.69) is 5.32 Å². The first kappa shape index (κ1) is 22.2. The van der Waals surface area contributed by atoms with Crippen molar-refractivity contribution >= 4 is 33.3 Å². The van der Waals surface area contributed by atoms with Crippen molar-refractivity contribution in [2.24, 2.45) is 0 Å². The summed E-state index contributed by atoms with van der Waals surface area (Å²) in [6, 6.07) is 11.7. The highest BCUT2D eigenvalue weighted by Gasteiger charge is 2.30. The van der Waals surface area contributed by atoms with E-state index in [1.54, 1.807) is 42.5 Å². The van der Waals surface area contributed by atoms with E-state index in [4.69, 9.17) is 9.47 Å². The Morgan fingerprint density at radius 2 is 1.72 bits per heavy atom. The molecule has 0 heterocycles. The molecule has 1 N–H and O–H groups in total. The third-order valence-electron chi connectivity index (χ3n) is 4.08. The van der Waals surface area contributed by atoms with Crippen molar-refractivity contribution in [2.75, 3.05) is 29.6 Å². The minimum Gasteiger partial charge on any atom is -0.494 e. The number of esters is 1. The van der Waals surface area contributed by atoms with Gasteiger partial charge in [-0.15, -0.1) is 0 Å². The lowest BCUT2D eigenvalue weighted by molar-refractivity contribution is -0.116. The zero-order valence-electron chi connectivity index (χ0n) is 16.7. The van der Waals surface area contributed by atoms with Gasteiger partial charge >= 0.3 is 5.97 Å². The van der Waals surface area contributed by atoms with Crippen LogP contribution in [0.2, 0.25) is 0 Å². The number of sulfonamides is 1. The van der Waals surface area contributed by atoms with Gasteiger partial charge in [0.1, 0.15) is 11.8 Å². The smallest absolute Gasteiger partial charge is 0.339 e. The number of hydrogen-bond acceptors (Lipinski definition) is 6.